The van der Waals surface area contributed by atoms with Crippen molar-refractivity contribution in [2.45, 2.75) is 73.9 Å². The normalized spacial score (nSPS) is 24.2. The maximum atomic E-state index is 15.0. The first-order chi connectivity index (χ1) is 27.1. The minimum absolute atomic E-state index is 0.106. The first-order valence-electron chi connectivity index (χ1n) is 19.4. The number of carbonyl (C=O) groups excluding carboxylic acids is 3. The molecule has 56 heavy (non-hydrogen) atoms. The van der Waals surface area contributed by atoms with Gasteiger partial charge < -0.3 is 19.7 Å². The lowest BCUT2D eigenvalue weighted by atomic mass is 10.00. The summed E-state index contributed by atoms with van der Waals surface area (Å²) in [5.41, 5.74) is 1.58. The molecule has 0 radical (unpaired) electrons. The lowest BCUT2D eigenvalue weighted by Crippen LogP contribution is -2.57. The Kier molecular flexibility index (Phi) is 10.3. The highest BCUT2D eigenvalue weighted by atomic mass is 32.2. The van der Waals surface area contributed by atoms with Gasteiger partial charge in [-0.05, 0) is 62.9 Å². The van der Waals surface area contributed by atoms with Gasteiger partial charge in [-0.25, -0.2) is 13.4 Å². The Morgan fingerprint density at radius 1 is 0.964 bits per heavy atom. The molecule has 3 aromatic carbocycles. The smallest absolute Gasteiger partial charge is 0.259 e. The monoisotopic (exact) mass is 777 g/mol. The molecule has 0 bridgehead atoms. The van der Waals surface area contributed by atoms with Gasteiger partial charge >= 0.3 is 0 Å². The number of nitrogens with zero attached hydrogens (tertiary/aromatic N) is 3. The predicted octanol–water partition coefficient (Wildman–Crippen LogP) is 5.16. The van der Waals surface area contributed by atoms with E-state index in [2.05, 4.69) is 21.5 Å². The van der Waals surface area contributed by atoms with Crippen LogP contribution in [0, 0.1) is 5.92 Å². The summed E-state index contributed by atoms with van der Waals surface area (Å²) in [7, 11) is -2.27. The zero-order valence-corrected chi connectivity index (χ0v) is 32.2. The van der Waals surface area contributed by atoms with Crippen LogP contribution < -0.4 is 19.5 Å². The fourth-order valence-electron chi connectivity index (χ4n) is 8.21. The Bertz CT molecular complexity index is 2240. The zero-order chi connectivity index (χ0) is 39.0. The number of methoxy groups -OCH3 is 1. The second kappa shape index (κ2) is 15.3. The minimum atomic E-state index is -3.87. The van der Waals surface area contributed by atoms with Gasteiger partial charge in [0.1, 0.15) is 35.2 Å². The molecule has 5 atom stereocenters. The van der Waals surface area contributed by atoms with E-state index in [0.717, 1.165) is 48.9 Å². The molecule has 4 aliphatic rings. The number of fused-ring (bicyclic) bond motifs is 1. The summed E-state index contributed by atoms with van der Waals surface area (Å²) < 4.78 is 40.2. The van der Waals surface area contributed by atoms with Crippen LogP contribution in [0.5, 0.6) is 11.5 Å². The second-order valence-electron chi connectivity index (χ2n) is 15.3. The molecule has 12 nitrogen and oxygen atoms in total. The fourth-order valence-corrected chi connectivity index (χ4v) is 9.57. The number of hydrogen-bond donors (Lipinski definition) is 2. The Labute approximate surface area is 327 Å². The molecule has 1 aromatic heterocycles. The average Bonchev–Trinajstić information content (AvgIpc) is 4.15. The molecule has 2 saturated heterocycles. The molecule has 8 rings (SSSR count). The molecule has 0 spiro atoms. The molecule has 13 heteroatoms. The molecule has 292 valence electrons. The van der Waals surface area contributed by atoms with Gasteiger partial charge in [-0.2, -0.15) is 0 Å². The van der Waals surface area contributed by atoms with Gasteiger partial charge in [0.25, 0.3) is 5.91 Å². The van der Waals surface area contributed by atoms with Crippen LogP contribution in [0.4, 0.5) is 0 Å². The number of nitrogens with one attached hydrogen (secondary N) is 2. The van der Waals surface area contributed by atoms with Crippen LogP contribution in [0.2, 0.25) is 0 Å². The lowest BCUT2D eigenvalue weighted by molar-refractivity contribution is -0.144. The van der Waals surface area contributed by atoms with Crippen LogP contribution in [0.25, 0.3) is 22.2 Å². The minimum Gasteiger partial charge on any atom is -0.497 e. The number of piperidine rings is 1. The van der Waals surface area contributed by atoms with Gasteiger partial charge in [-0.3, -0.25) is 24.0 Å². The standard InChI is InChI=1S/C43H47N5O7S/c1-3-30-26-43(30,42(51)46-56(52,53)33-18-19-33)45-40(49)37-24-32(27-48(37)41(50)39(29-15-9-5-10-16-29)47-21-11-6-12-22-47)55-38-25-35(28-13-7-4-8-14-28)44-36-23-31(54-2)17-20-34(36)38/h3-5,7-10,13-17,20,23,25,30,32-33,37,39H,1,6,11-12,18-19,21-22,24,26-27H2,2H3,(H,45,49)(H,46,51)/t30-,32-,37+,39?,43-/m1/s1. The highest BCUT2D eigenvalue weighted by Crippen LogP contribution is 2.46. The van der Waals surface area contributed by atoms with Crippen molar-refractivity contribution in [2.75, 3.05) is 26.7 Å². The van der Waals surface area contributed by atoms with E-state index >= 15 is 4.79 Å². The highest BCUT2D eigenvalue weighted by Gasteiger charge is 2.62. The number of sulfonamides is 1. The molecule has 2 aliphatic carbocycles. The number of ether oxygens (including phenoxy) is 2. The van der Waals surface area contributed by atoms with Gasteiger partial charge in [0, 0.05) is 35.4 Å². The third-order valence-corrected chi connectivity index (χ3v) is 13.4. The van der Waals surface area contributed by atoms with E-state index in [9.17, 15) is 18.0 Å². The number of carbonyl (C=O) groups is 3. The van der Waals surface area contributed by atoms with Gasteiger partial charge in [0.2, 0.25) is 21.8 Å². The predicted molar refractivity (Wildman–Crippen MR) is 212 cm³/mol. The summed E-state index contributed by atoms with van der Waals surface area (Å²) in [6, 6.07) is 25.2. The molecule has 4 fully saturated rings. The van der Waals surface area contributed by atoms with Gasteiger partial charge in [0.05, 0.1) is 30.1 Å². The van der Waals surface area contributed by atoms with E-state index in [1.54, 1.807) is 18.1 Å². The van der Waals surface area contributed by atoms with E-state index in [4.69, 9.17) is 14.5 Å². The Hall–Kier alpha value is -5.27. The van der Waals surface area contributed by atoms with Gasteiger partial charge in [0.15, 0.2) is 0 Å². The van der Waals surface area contributed by atoms with Crippen molar-refractivity contribution in [1.29, 1.82) is 0 Å². The quantitative estimate of drug-likeness (QED) is 0.176. The largest absolute Gasteiger partial charge is 0.497 e. The Balaban J connectivity index is 1.14. The molecule has 4 aromatic rings. The van der Waals surface area contributed by atoms with Crippen LogP contribution in [0.1, 0.15) is 56.6 Å². The third-order valence-electron chi connectivity index (χ3n) is 11.5. The third kappa shape index (κ3) is 7.49. The number of benzene rings is 3. The number of amides is 3. The van der Waals surface area contributed by atoms with Gasteiger partial charge in [-0.15, -0.1) is 6.58 Å². The second-order valence-corrected chi connectivity index (χ2v) is 17.3. The maximum Gasteiger partial charge on any atom is 0.259 e. The van der Waals surface area contributed by atoms with E-state index in [1.165, 1.54) is 0 Å². The van der Waals surface area contributed by atoms with E-state index in [1.807, 2.05) is 84.9 Å². The van der Waals surface area contributed by atoms with Crippen LogP contribution in [0.15, 0.2) is 97.6 Å². The van der Waals surface area contributed by atoms with E-state index < -0.39 is 56.7 Å². The van der Waals surface area contributed by atoms with Crippen molar-refractivity contribution in [3.63, 3.8) is 0 Å². The van der Waals surface area contributed by atoms with Crippen LogP contribution in [-0.2, 0) is 24.4 Å². The van der Waals surface area contributed by atoms with Crippen molar-refractivity contribution >= 4 is 38.6 Å². The first-order valence-corrected chi connectivity index (χ1v) is 21.0. The van der Waals surface area contributed by atoms with Crippen LogP contribution in [-0.4, -0.2) is 90.6 Å². The van der Waals surface area contributed by atoms with Crippen molar-refractivity contribution in [1.82, 2.24) is 24.8 Å². The molecule has 2 N–H and O–H groups in total. The molecular formula is C43H47N5O7S. The van der Waals surface area contributed by atoms with Crippen LogP contribution >= 0.6 is 0 Å². The number of hydrogen-bond acceptors (Lipinski definition) is 9. The number of likely N-dealkylation sites (tertiary alicyclic amines) is 2. The summed E-state index contributed by atoms with van der Waals surface area (Å²) >= 11 is 0. The molecule has 1 unspecified atom stereocenters. The molecule has 2 saturated carbocycles. The van der Waals surface area contributed by atoms with Crippen molar-refractivity contribution in [3.05, 3.63) is 103 Å². The van der Waals surface area contributed by atoms with Gasteiger partial charge in [-0.1, -0.05) is 73.2 Å². The Morgan fingerprint density at radius 3 is 2.34 bits per heavy atom. The van der Waals surface area contributed by atoms with E-state index in [-0.39, 0.29) is 25.3 Å². The van der Waals surface area contributed by atoms with Crippen LogP contribution in [0.3, 0.4) is 0 Å². The summed E-state index contributed by atoms with van der Waals surface area (Å²) in [5.74, 6) is -0.854. The number of pyridine rings is 1. The first kappa shape index (κ1) is 37.6. The molecule has 2 aliphatic heterocycles. The van der Waals surface area contributed by atoms with E-state index in [0.29, 0.717) is 35.6 Å². The van der Waals surface area contributed by atoms with Crippen molar-refractivity contribution < 1.29 is 32.3 Å². The topological polar surface area (TPSA) is 147 Å². The summed E-state index contributed by atoms with van der Waals surface area (Å²) in [6.07, 6.45) is 5.25. The highest BCUT2D eigenvalue weighted by molar-refractivity contribution is 7.91. The zero-order valence-electron chi connectivity index (χ0n) is 31.4. The van der Waals surface area contributed by atoms with Crippen molar-refractivity contribution in [3.8, 4) is 22.8 Å². The number of rotatable bonds is 13. The lowest BCUT2D eigenvalue weighted by Gasteiger charge is -2.37. The summed E-state index contributed by atoms with van der Waals surface area (Å²) in [4.78, 5) is 52.0. The molecule has 3 heterocycles. The van der Waals surface area contributed by atoms with Crippen molar-refractivity contribution in [2.24, 2.45) is 5.92 Å². The SMILES string of the molecule is C=C[C@@H]1C[C@]1(NC(=O)[C@@H]1C[C@@H](Oc2cc(-c3ccccc3)nc3cc(OC)ccc23)CN1C(=O)C(c1ccccc1)N1CCCCC1)C(=O)NS(=O)(=O)C1CC1. The summed E-state index contributed by atoms with van der Waals surface area (Å²) in [6.45, 7) is 5.43. The molecule has 3 amide bonds. The Morgan fingerprint density at radius 2 is 1.68 bits per heavy atom. The maximum absolute atomic E-state index is 15.0. The average molecular weight is 778 g/mol. The summed E-state index contributed by atoms with van der Waals surface area (Å²) in [5, 5.41) is 3.05. The number of aromatic nitrogens is 1. The fraction of sp³-hybridized carbons (Fsp3) is 0.395. The molecular weight excluding hydrogens is 731 g/mol.